The van der Waals surface area contributed by atoms with Crippen LogP contribution in [0, 0.1) is 5.92 Å². The minimum atomic E-state index is 0.237. The monoisotopic (exact) mass is 296 g/mol. The van der Waals surface area contributed by atoms with Crippen molar-refractivity contribution in [3.8, 4) is 5.75 Å². The fraction of sp³-hybridized carbons (Fsp3) is 0.625. The summed E-state index contributed by atoms with van der Waals surface area (Å²) in [7, 11) is 1.63. The van der Waals surface area contributed by atoms with Gasteiger partial charge in [-0.2, -0.15) is 0 Å². The lowest BCUT2D eigenvalue weighted by molar-refractivity contribution is 0.0847. The Labute approximate surface area is 127 Å². The van der Waals surface area contributed by atoms with Crippen molar-refractivity contribution in [2.24, 2.45) is 11.7 Å². The molecular formula is C16H25ClN2O. The van der Waals surface area contributed by atoms with Crippen LogP contribution in [0.1, 0.15) is 38.3 Å². The van der Waals surface area contributed by atoms with Crippen LogP contribution in [0.15, 0.2) is 18.2 Å². The van der Waals surface area contributed by atoms with Crippen LogP contribution in [0.5, 0.6) is 5.75 Å². The summed E-state index contributed by atoms with van der Waals surface area (Å²) in [6, 6.07) is 6.79. The number of halogens is 1. The van der Waals surface area contributed by atoms with Crippen molar-refractivity contribution < 1.29 is 4.74 Å². The Balaban J connectivity index is 2.21. The molecule has 3 unspecified atom stereocenters. The van der Waals surface area contributed by atoms with Crippen molar-refractivity contribution in [3.63, 3.8) is 0 Å². The number of benzene rings is 1. The van der Waals surface area contributed by atoms with Crippen LogP contribution in [-0.2, 0) is 0 Å². The summed E-state index contributed by atoms with van der Waals surface area (Å²) in [5.74, 6) is 1.52. The van der Waals surface area contributed by atoms with Crippen LogP contribution in [-0.4, -0.2) is 31.1 Å². The average molecular weight is 297 g/mol. The molecule has 0 aliphatic carbocycles. The molecule has 1 fully saturated rings. The van der Waals surface area contributed by atoms with Crippen LogP contribution < -0.4 is 10.5 Å². The second-order valence-electron chi connectivity index (χ2n) is 5.86. The lowest BCUT2D eigenvalue weighted by Crippen LogP contribution is -2.44. The van der Waals surface area contributed by atoms with Crippen molar-refractivity contribution >= 4 is 11.6 Å². The van der Waals surface area contributed by atoms with E-state index in [4.69, 9.17) is 22.1 Å². The number of methoxy groups -OCH3 is 1. The highest BCUT2D eigenvalue weighted by molar-refractivity contribution is 6.32. The highest BCUT2D eigenvalue weighted by Crippen LogP contribution is 2.33. The molecule has 1 aromatic rings. The first-order chi connectivity index (χ1) is 9.56. The molecule has 0 bridgehead atoms. The number of ether oxygens (including phenoxy) is 1. The van der Waals surface area contributed by atoms with E-state index in [1.54, 1.807) is 7.11 Å². The molecule has 20 heavy (non-hydrogen) atoms. The zero-order valence-electron chi connectivity index (χ0n) is 12.6. The molecule has 112 valence electrons. The van der Waals surface area contributed by atoms with Gasteiger partial charge < -0.3 is 10.5 Å². The lowest BCUT2D eigenvalue weighted by atomic mass is 9.90. The molecule has 1 aromatic carbocycles. The van der Waals surface area contributed by atoms with Gasteiger partial charge in [-0.05, 0) is 49.9 Å². The van der Waals surface area contributed by atoms with E-state index >= 15 is 0 Å². The smallest absolute Gasteiger partial charge is 0.137 e. The molecule has 1 saturated heterocycles. The van der Waals surface area contributed by atoms with Gasteiger partial charge in [0.15, 0.2) is 0 Å². The number of hydrogen-bond acceptors (Lipinski definition) is 3. The third-order valence-corrected chi connectivity index (χ3v) is 4.67. The minimum absolute atomic E-state index is 0.237. The Kier molecular flexibility index (Phi) is 5.30. The molecule has 1 aliphatic heterocycles. The highest BCUT2D eigenvalue weighted by atomic mass is 35.5. The van der Waals surface area contributed by atoms with Gasteiger partial charge in [0.25, 0.3) is 0 Å². The third-order valence-electron chi connectivity index (χ3n) is 4.37. The normalized spacial score (nSPS) is 25.4. The Bertz CT molecular complexity index is 452. The number of rotatable bonds is 4. The van der Waals surface area contributed by atoms with Crippen LogP contribution in [0.2, 0.25) is 5.02 Å². The first kappa shape index (κ1) is 15.6. The van der Waals surface area contributed by atoms with Gasteiger partial charge in [0, 0.05) is 18.6 Å². The molecule has 1 aliphatic rings. The molecule has 0 saturated carbocycles. The standard InChI is InChI=1S/C16H25ClN2O/c1-11-6-7-19(12(2)8-11)15(10-18)13-4-5-16(20-3)14(17)9-13/h4-5,9,11-12,15H,6-8,10,18H2,1-3H3. The van der Waals surface area contributed by atoms with Crippen LogP contribution in [0.4, 0.5) is 0 Å². The molecule has 0 spiro atoms. The van der Waals surface area contributed by atoms with E-state index in [-0.39, 0.29) is 6.04 Å². The summed E-state index contributed by atoms with van der Waals surface area (Å²) in [6.07, 6.45) is 2.48. The number of likely N-dealkylation sites (tertiary alicyclic amines) is 1. The van der Waals surface area contributed by atoms with E-state index in [9.17, 15) is 0 Å². The maximum Gasteiger partial charge on any atom is 0.137 e. The van der Waals surface area contributed by atoms with Crippen molar-refractivity contribution in [2.75, 3.05) is 20.2 Å². The van der Waals surface area contributed by atoms with Crippen LogP contribution >= 0.6 is 11.6 Å². The predicted octanol–water partition coefficient (Wildman–Crippen LogP) is 3.47. The van der Waals surface area contributed by atoms with E-state index in [2.05, 4.69) is 24.8 Å². The van der Waals surface area contributed by atoms with Crippen molar-refractivity contribution in [3.05, 3.63) is 28.8 Å². The molecule has 0 aromatic heterocycles. The summed E-state index contributed by atoms with van der Waals surface area (Å²) >= 11 is 6.24. The molecular weight excluding hydrogens is 272 g/mol. The van der Waals surface area contributed by atoms with Crippen molar-refractivity contribution in [1.82, 2.24) is 4.90 Å². The Hall–Kier alpha value is -0.770. The highest BCUT2D eigenvalue weighted by Gasteiger charge is 2.29. The van der Waals surface area contributed by atoms with Gasteiger partial charge in [-0.15, -0.1) is 0 Å². The lowest BCUT2D eigenvalue weighted by Gasteiger charge is -2.41. The fourth-order valence-electron chi connectivity index (χ4n) is 3.24. The summed E-state index contributed by atoms with van der Waals surface area (Å²) < 4.78 is 5.22. The first-order valence-electron chi connectivity index (χ1n) is 7.36. The molecule has 2 N–H and O–H groups in total. The van der Waals surface area contributed by atoms with Gasteiger partial charge in [0.2, 0.25) is 0 Å². The van der Waals surface area contributed by atoms with Gasteiger partial charge in [-0.3, -0.25) is 4.90 Å². The first-order valence-corrected chi connectivity index (χ1v) is 7.73. The zero-order valence-corrected chi connectivity index (χ0v) is 13.4. The zero-order chi connectivity index (χ0) is 14.7. The quantitative estimate of drug-likeness (QED) is 0.924. The largest absolute Gasteiger partial charge is 0.495 e. The molecule has 3 atom stereocenters. The SMILES string of the molecule is COc1ccc(C(CN)N2CCC(C)CC2C)cc1Cl. The van der Waals surface area contributed by atoms with Crippen LogP contribution in [0.3, 0.4) is 0 Å². The molecule has 4 heteroatoms. The Morgan fingerprint density at radius 3 is 2.75 bits per heavy atom. The molecule has 0 radical (unpaired) electrons. The Morgan fingerprint density at radius 1 is 1.45 bits per heavy atom. The third kappa shape index (κ3) is 3.27. The van der Waals surface area contributed by atoms with Crippen molar-refractivity contribution in [2.45, 2.75) is 38.8 Å². The summed E-state index contributed by atoms with van der Waals surface area (Å²) in [5, 5.41) is 0.654. The maximum absolute atomic E-state index is 6.24. The fourth-order valence-corrected chi connectivity index (χ4v) is 3.51. The number of nitrogens with two attached hydrogens (primary N) is 1. The van der Waals surface area contributed by atoms with E-state index in [0.717, 1.165) is 12.5 Å². The molecule has 3 nitrogen and oxygen atoms in total. The van der Waals surface area contributed by atoms with Gasteiger partial charge in [-0.1, -0.05) is 24.6 Å². The number of hydrogen-bond donors (Lipinski definition) is 1. The summed E-state index contributed by atoms with van der Waals surface area (Å²) in [5.41, 5.74) is 7.22. The summed E-state index contributed by atoms with van der Waals surface area (Å²) in [6.45, 7) is 6.34. The van der Waals surface area contributed by atoms with Gasteiger partial charge >= 0.3 is 0 Å². The average Bonchev–Trinajstić information content (AvgIpc) is 2.42. The second-order valence-corrected chi connectivity index (χ2v) is 6.27. The van der Waals surface area contributed by atoms with E-state index in [1.165, 1.54) is 18.4 Å². The maximum atomic E-state index is 6.24. The molecule has 0 amide bonds. The van der Waals surface area contributed by atoms with Crippen molar-refractivity contribution in [1.29, 1.82) is 0 Å². The predicted molar refractivity (Wildman–Crippen MR) is 84.4 cm³/mol. The number of nitrogens with zero attached hydrogens (tertiary/aromatic N) is 1. The molecule has 1 heterocycles. The number of piperidine rings is 1. The van der Waals surface area contributed by atoms with E-state index in [1.807, 2.05) is 12.1 Å². The van der Waals surface area contributed by atoms with Crippen LogP contribution in [0.25, 0.3) is 0 Å². The minimum Gasteiger partial charge on any atom is -0.495 e. The van der Waals surface area contributed by atoms with Gasteiger partial charge in [0.1, 0.15) is 5.75 Å². The van der Waals surface area contributed by atoms with Gasteiger partial charge in [-0.25, -0.2) is 0 Å². The second kappa shape index (κ2) is 6.79. The van der Waals surface area contributed by atoms with Gasteiger partial charge in [0.05, 0.1) is 12.1 Å². The Morgan fingerprint density at radius 2 is 2.20 bits per heavy atom. The van der Waals surface area contributed by atoms with E-state index in [0.29, 0.717) is 23.4 Å². The molecule has 2 rings (SSSR count). The topological polar surface area (TPSA) is 38.5 Å². The van der Waals surface area contributed by atoms with E-state index < -0.39 is 0 Å². The summed E-state index contributed by atoms with van der Waals surface area (Å²) in [4.78, 5) is 2.51.